The molecule has 21 heavy (non-hydrogen) atoms. The predicted molar refractivity (Wildman–Crippen MR) is 77.1 cm³/mol. The van der Waals surface area contributed by atoms with Crippen molar-refractivity contribution in [3.05, 3.63) is 39.9 Å². The van der Waals surface area contributed by atoms with Crippen molar-refractivity contribution in [2.45, 2.75) is 26.2 Å². The maximum absolute atomic E-state index is 13.6. The molecule has 0 radical (unpaired) electrons. The molecule has 0 unspecified atom stereocenters. The lowest BCUT2D eigenvalue weighted by Crippen LogP contribution is -2.16. The van der Waals surface area contributed by atoms with Crippen molar-refractivity contribution in [1.82, 2.24) is 15.2 Å². The molecule has 2 N–H and O–H groups in total. The van der Waals surface area contributed by atoms with Gasteiger partial charge >= 0.3 is 0 Å². The predicted octanol–water partition coefficient (Wildman–Crippen LogP) is 3.40. The molecule has 0 saturated carbocycles. The summed E-state index contributed by atoms with van der Waals surface area (Å²) >= 11 is 2.86. The van der Waals surface area contributed by atoms with Crippen molar-refractivity contribution in [3.8, 4) is 0 Å². The largest absolute Gasteiger partial charge is 0.317 e. The van der Waals surface area contributed by atoms with Crippen LogP contribution in [0.15, 0.2) is 16.6 Å². The standard InChI is InChI=1S/C13H13BrF2N4O/c1-13(2,3)12-18-10(19-20-12)11(21)17-9-5-7(15)6(14)4-8(9)16/h4-5H,1-3H3,(H,17,21)(H,18,19,20). The number of hydrogen-bond acceptors (Lipinski definition) is 3. The van der Waals surface area contributed by atoms with Crippen molar-refractivity contribution in [2.75, 3.05) is 5.32 Å². The number of rotatable bonds is 2. The molecule has 5 nitrogen and oxygen atoms in total. The molecule has 0 atom stereocenters. The van der Waals surface area contributed by atoms with Crippen molar-refractivity contribution in [1.29, 1.82) is 0 Å². The highest BCUT2D eigenvalue weighted by Crippen LogP contribution is 2.24. The van der Waals surface area contributed by atoms with E-state index in [-0.39, 0.29) is 21.4 Å². The fourth-order valence-corrected chi connectivity index (χ4v) is 1.81. The molecule has 1 amide bonds. The fraction of sp³-hybridized carbons (Fsp3) is 0.308. The molecule has 0 bridgehead atoms. The zero-order chi connectivity index (χ0) is 15.8. The first-order valence-corrected chi connectivity index (χ1v) is 6.86. The Morgan fingerprint density at radius 2 is 1.95 bits per heavy atom. The second-order valence-electron chi connectivity index (χ2n) is 5.46. The van der Waals surface area contributed by atoms with Gasteiger partial charge in [0.05, 0.1) is 10.2 Å². The highest BCUT2D eigenvalue weighted by atomic mass is 79.9. The summed E-state index contributed by atoms with van der Waals surface area (Å²) in [5, 5.41) is 8.66. The van der Waals surface area contributed by atoms with Crippen LogP contribution in [0.4, 0.5) is 14.5 Å². The number of anilines is 1. The van der Waals surface area contributed by atoms with Gasteiger partial charge in [0.2, 0.25) is 5.82 Å². The summed E-state index contributed by atoms with van der Waals surface area (Å²) in [5.74, 6) is -1.78. The molecule has 2 rings (SSSR count). The summed E-state index contributed by atoms with van der Waals surface area (Å²) < 4.78 is 27.0. The van der Waals surface area contributed by atoms with E-state index in [4.69, 9.17) is 0 Å². The number of carbonyl (C=O) groups is 1. The third kappa shape index (κ3) is 3.44. The molecule has 0 spiro atoms. The third-order valence-corrected chi connectivity index (χ3v) is 3.26. The molecule has 0 aliphatic carbocycles. The van der Waals surface area contributed by atoms with Gasteiger partial charge in [-0.3, -0.25) is 9.89 Å². The first-order valence-electron chi connectivity index (χ1n) is 6.07. The van der Waals surface area contributed by atoms with Crippen molar-refractivity contribution in [3.63, 3.8) is 0 Å². The van der Waals surface area contributed by atoms with Gasteiger partial charge in [-0.25, -0.2) is 13.8 Å². The lowest BCUT2D eigenvalue weighted by Gasteiger charge is -2.12. The van der Waals surface area contributed by atoms with Crippen molar-refractivity contribution < 1.29 is 13.6 Å². The van der Waals surface area contributed by atoms with Gasteiger partial charge in [0, 0.05) is 11.5 Å². The lowest BCUT2D eigenvalue weighted by molar-refractivity contribution is 0.101. The Morgan fingerprint density at radius 3 is 2.52 bits per heavy atom. The SMILES string of the molecule is CC(C)(C)c1nc(C(=O)Nc2cc(F)c(Br)cc2F)n[nH]1. The molecule has 0 aliphatic rings. The average molecular weight is 359 g/mol. The Hall–Kier alpha value is -1.83. The Bertz CT molecular complexity index is 694. The summed E-state index contributed by atoms with van der Waals surface area (Å²) in [6, 6.07) is 1.82. The highest BCUT2D eigenvalue weighted by Gasteiger charge is 2.22. The van der Waals surface area contributed by atoms with Gasteiger partial charge < -0.3 is 5.32 Å². The monoisotopic (exact) mass is 358 g/mol. The van der Waals surface area contributed by atoms with Crippen LogP contribution >= 0.6 is 15.9 Å². The van der Waals surface area contributed by atoms with Crippen molar-refractivity contribution in [2.24, 2.45) is 0 Å². The number of hydrogen-bond donors (Lipinski definition) is 2. The lowest BCUT2D eigenvalue weighted by atomic mass is 9.96. The van der Waals surface area contributed by atoms with Crippen LogP contribution in [0.3, 0.4) is 0 Å². The van der Waals surface area contributed by atoms with Gasteiger partial charge in [-0.05, 0) is 22.0 Å². The average Bonchev–Trinajstić information content (AvgIpc) is 2.85. The van der Waals surface area contributed by atoms with Crippen LogP contribution < -0.4 is 5.32 Å². The van der Waals surface area contributed by atoms with Gasteiger partial charge in [0.15, 0.2) is 0 Å². The number of nitrogens with one attached hydrogen (secondary N) is 2. The van der Waals surface area contributed by atoms with Crippen LogP contribution in [-0.2, 0) is 5.41 Å². The van der Waals surface area contributed by atoms with E-state index in [1.54, 1.807) is 0 Å². The number of nitrogens with zero attached hydrogens (tertiary/aromatic N) is 2. The molecule has 1 heterocycles. The van der Waals surface area contributed by atoms with Gasteiger partial charge in [-0.15, -0.1) is 5.10 Å². The minimum atomic E-state index is -0.761. The Balaban J connectivity index is 2.22. The maximum atomic E-state index is 13.6. The zero-order valence-electron chi connectivity index (χ0n) is 11.6. The van der Waals surface area contributed by atoms with Crippen LogP contribution in [0.5, 0.6) is 0 Å². The summed E-state index contributed by atoms with van der Waals surface area (Å²) in [6.07, 6.45) is 0. The summed E-state index contributed by atoms with van der Waals surface area (Å²) in [4.78, 5) is 16.0. The molecule has 112 valence electrons. The molecule has 1 aromatic heterocycles. The van der Waals surface area contributed by atoms with Crippen LogP contribution in [0.1, 0.15) is 37.2 Å². The van der Waals surface area contributed by atoms with Crippen LogP contribution in [0.2, 0.25) is 0 Å². The van der Waals surface area contributed by atoms with Gasteiger partial charge in [-0.2, -0.15) is 0 Å². The Labute approximate surface area is 128 Å². The van der Waals surface area contributed by atoms with E-state index < -0.39 is 17.5 Å². The normalized spacial score (nSPS) is 11.5. The smallest absolute Gasteiger partial charge is 0.295 e. The molecule has 1 aromatic carbocycles. The molecule has 2 aromatic rings. The Kier molecular flexibility index (Phi) is 4.08. The van der Waals surface area contributed by atoms with E-state index in [0.717, 1.165) is 12.1 Å². The first kappa shape index (κ1) is 15.6. The maximum Gasteiger partial charge on any atom is 0.295 e. The quantitative estimate of drug-likeness (QED) is 0.808. The van der Waals surface area contributed by atoms with Gasteiger partial charge in [0.1, 0.15) is 17.5 Å². The minimum absolute atomic E-state index is 0.0223. The summed E-state index contributed by atoms with van der Waals surface area (Å²) in [5.41, 5.74) is -0.580. The molecule has 8 heteroatoms. The first-order chi connectivity index (χ1) is 9.68. The number of H-pyrrole nitrogens is 1. The third-order valence-electron chi connectivity index (χ3n) is 2.66. The number of carbonyl (C=O) groups excluding carboxylic acids is 1. The van der Waals surface area contributed by atoms with Crippen LogP contribution in [0, 0.1) is 11.6 Å². The van der Waals surface area contributed by atoms with Gasteiger partial charge in [-0.1, -0.05) is 20.8 Å². The number of amides is 1. The number of aromatic nitrogens is 3. The van der Waals surface area contributed by atoms with E-state index in [9.17, 15) is 13.6 Å². The van der Waals surface area contributed by atoms with E-state index in [0.29, 0.717) is 5.82 Å². The van der Waals surface area contributed by atoms with Crippen molar-refractivity contribution >= 4 is 27.5 Å². The minimum Gasteiger partial charge on any atom is -0.317 e. The second kappa shape index (κ2) is 5.51. The summed E-state index contributed by atoms with van der Waals surface area (Å²) in [6.45, 7) is 5.71. The molecular weight excluding hydrogens is 346 g/mol. The molecule has 0 fully saturated rings. The number of halogens is 3. The van der Waals surface area contributed by atoms with Gasteiger partial charge in [0.25, 0.3) is 5.91 Å². The second-order valence-corrected chi connectivity index (χ2v) is 6.31. The number of aromatic amines is 1. The Morgan fingerprint density at radius 1 is 1.29 bits per heavy atom. The fourth-order valence-electron chi connectivity index (χ4n) is 1.50. The number of benzene rings is 1. The molecule has 0 saturated heterocycles. The van der Waals surface area contributed by atoms with E-state index in [2.05, 4.69) is 36.4 Å². The van der Waals surface area contributed by atoms with Crippen LogP contribution in [0.25, 0.3) is 0 Å². The topological polar surface area (TPSA) is 70.7 Å². The highest BCUT2D eigenvalue weighted by molar-refractivity contribution is 9.10. The van der Waals surface area contributed by atoms with Crippen LogP contribution in [-0.4, -0.2) is 21.1 Å². The van der Waals surface area contributed by atoms with E-state index in [1.165, 1.54) is 0 Å². The summed E-state index contributed by atoms with van der Waals surface area (Å²) in [7, 11) is 0. The molecular formula is C13H13BrF2N4O. The van der Waals surface area contributed by atoms with E-state index in [1.807, 2.05) is 20.8 Å². The zero-order valence-corrected chi connectivity index (χ0v) is 13.2. The van der Waals surface area contributed by atoms with E-state index >= 15 is 0 Å². The molecule has 0 aliphatic heterocycles.